The second kappa shape index (κ2) is 12.1. The minimum absolute atomic E-state index is 0.0407. The monoisotopic (exact) mass is 463 g/mol. The zero-order valence-electron chi connectivity index (χ0n) is 19.6. The Labute approximate surface area is 193 Å². The molecule has 10 nitrogen and oxygen atoms in total. The Hall–Kier alpha value is -3.30. The molecule has 0 aliphatic carbocycles. The highest BCUT2D eigenvalue weighted by Crippen LogP contribution is 2.20. The first kappa shape index (κ1) is 26.0. The number of carbonyl (C=O) groups is 4. The highest BCUT2D eigenvalue weighted by atomic mass is 16.6. The van der Waals surface area contributed by atoms with Crippen molar-refractivity contribution in [2.75, 3.05) is 20.2 Å². The maximum Gasteiger partial charge on any atom is 0.410 e. The molecule has 0 spiro atoms. The van der Waals surface area contributed by atoms with E-state index >= 15 is 0 Å². The zero-order valence-corrected chi connectivity index (χ0v) is 19.6. The largest absolute Gasteiger partial charge is 0.469 e. The molecule has 0 radical (unpaired) electrons. The van der Waals surface area contributed by atoms with E-state index < -0.39 is 35.8 Å². The Balaban J connectivity index is 1.94. The standard InChI is InChI=1S/C23H33N3O7/c1-23(2,3)33-22(30)26-12-8-11-17(14-26)20(28)24-18(13-19(27)31-4)25-21(29)32-15-16-9-6-5-7-10-16/h5-7,9-10,17-18H,8,11-15H2,1-4H3,(H,24,28)(H,25,29)/t17-,18+/m1/s1. The molecule has 3 amide bonds. The Morgan fingerprint density at radius 1 is 1.12 bits per heavy atom. The number of hydrogen-bond donors (Lipinski definition) is 2. The number of nitrogens with one attached hydrogen (secondary N) is 2. The van der Waals surface area contributed by atoms with Crippen molar-refractivity contribution in [1.82, 2.24) is 15.5 Å². The van der Waals surface area contributed by atoms with Crippen LogP contribution in [0.5, 0.6) is 0 Å². The third-order valence-electron chi connectivity index (χ3n) is 4.86. The number of rotatable bonds is 7. The van der Waals surface area contributed by atoms with Gasteiger partial charge in [0.1, 0.15) is 18.4 Å². The summed E-state index contributed by atoms with van der Waals surface area (Å²) in [6.07, 6.45) is -1.36. The van der Waals surface area contributed by atoms with E-state index in [2.05, 4.69) is 15.4 Å². The van der Waals surface area contributed by atoms with Crippen molar-refractivity contribution in [3.8, 4) is 0 Å². The topological polar surface area (TPSA) is 123 Å². The highest BCUT2D eigenvalue weighted by Gasteiger charge is 2.32. The summed E-state index contributed by atoms with van der Waals surface area (Å²) in [6.45, 7) is 6.05. The second-order valence-electron chi connectivity index (χ2n) is 8.81. The first-order valence-electron chi connectivity index (χ1n) is 10.9. The molecule has 182 valence electrons. The van der Waals surface area contributed by atoms with Crippen LogP contribution in [0.2, 0.25) is 0 Å². The predicted octanol–water partition coefficient (Wildman–Crippen LogP) is 2.57. The summed E-state index contributed by atoms with van der Waals surface area (Å²) < 4.78 is 15.2. The van der Waals surface area contributed by atoms with Gasteiger partial charge in [0.25, 0.3) is 0 Å². The molecule has 2 rings (SSSR count). The number of amides is 3. The molecule has 0 bridgehead atoms. The van der Waals surface area contributed by atoms with Gasteiger partial charge in [-0.05, 0) is 39.2 Å². The normalized spacial score (nSPS) is 16.8. The lowest BCUT2D eigenvalue weighted by atomic mass is 9.97. The Morgan fingerprint density at radius 3 is 2.45 bits per heavy atom. The number of esters is 1. The maximum absolute atomic E-state index is 12.9. The summed E-state index contributed by atoms with van der Waals surface area (Å²) in [5.74, 6) is -1.50. The average Bonchev–Trinajstić information content (AvgIpc) is 2.77. The van der Waals surface area contributed by atoms with Gasteiger partial charge in [-0.25, -0.2) is 9.59 Å². The molecule has 1 aromatic carbocycles. The van der Waals surface area contributed by atoms with Gasteiger partial charge in [-0.3, -0.25) is 9.59 Å². The van der Waals surface area contributed by atoms with Gasteiger partial charge in [0.2, 0.25) is 5.91 Å². The first-order chi connectivity index (χ1) is 15.6. The fraction of sp³-hybridized carbons (Fsp3) is 0.565. The molecule has 33 heavy (non-hydrogen) atoms. The van der Waals surface area contributed by atoms with Crippen LogP contribution in [0.3, 0.4) is 0 Å². The first-order valence-corrected chi connectivity index (χ1v) is 10.9. The molecule has 0 unspecified atom stereocenters. The molecule has 0 saturated carbocycles. The molecule has 1 aliphatic rings. The van der Waals surface area contributed by atoms with Crippen molar-refractivity contribution < 1.29 is 33.4 Å². The predicted molar refractivity (Wildman–Crippen MR) is 119 cm³/mol. The van der Waals surface area contributed by atoms with Crippen molar-refractivity contribution in [3.63, 3.8) is 0 Å². The Kier molecular flexibility index (Phi) is 9.50. The fourth-order valence-corrected chi connectivity index (χ4v) is 3.27. The lowest BCUT2D eigenvalue weighted by molar-refractivity contribution is -0.141. The van der Waals surface area contributed by atoms with E-state index in [4.69, 9.17) is 9.47 Å². The number of likely N-dealkylation sites (tertiary alicyclic amines) is 1. The quantitative estimate of drug-likeness (QED) is 0.362. The molecule has 1 aromatic rings. The number of ether oxygens (including phenoxy) is 3. The van der Waals surface area contributed by atoms with Crippen LogP contribution < -0.4 is 10.6 Å². The molecule has 1 heterocycles. The summed E-state index contributed by atoms with van der Waals surface area (Å²) in [5, 5.41) is 5.15. The van der Waals surface area contributed by atoms with E-state index in [1.54, 1.807) is 32.9 Å². The van der Waals surface area contributed by atoms with Crippen molar-refractivity contribution in [3.05, 3.63) is 35.9 Å². The van der Waals surface area contributed by atoms with E-state index in [1.165, 1.54) is 12.0 Å². The average molecular weight is 464 g/mol. The van der Waals surface area contributed by atoms with Crippen LogP contribution in [0, 0.1) is 5.92 Å². The number of nitrogens with zero attached hydrogens (tertiary/aromatic N) is 1. The van der Waals surface area contributed by atoms with Crippen LogP contribution >= 0.6 is 0 Å². The van der Waals surface area contributed by atoms with E-state index in [0.717, 1.165) is 5.56 Å². The van der Waals surface area contributed by atoms with Gasteiger partial charge >= 0.3 is 18.2 Å². The van der Waals surface area contributed by atoms with Crippen LogP contribution in [0.4, 0.5) is 9.59 Å². The molecular weight excluding hydrogens is 430 g/mol. The number of carbonyl (C=O) groups excluding carboxylic acids is 4. The highest BCUT2D eigenvalue weighted by molar-refractivity contribution is 5.82. The summed E-state index contributed by atoms with van der Waals surface area (Å²) in [7, 11) is 1.22. The van der Waals surface area contributed by atoms with Gasteiger partial charge in [0.05, 0.1) is 19.4 Å². The maximum atomic E-state index is 12.9. The minimum Gasteiger partial charge on any atom is -0.469 e. The summed E-state index contributed by atoms with van der Waals surface area (Å²) in [6, 6.07) is 9.10. The van der Waals surface area contributed by atoms with E-state index in [9.17, 15) is 19.2 Å². The summed E-state index contributed by atoms with van der Waals surface area (Å²) in [4.78, 5) is 50.7. The number of benzene rings is 1. The molecule has 0 aromatic heterocycles. The van der Waals surface area contributed by atoms with Crippen molar-refractivity contribution in [2.24, 2.45) is 5.92 Å². The van der Waals surface area contributed by atoms with Gasteiger partial charge in [-0.1, -0.05) is 30.3 Å². The van der Waals surface area contributed by atoms with Gasteiger partial charge in [-0.2, -0.15) is 0 Å². The molecule has 10 heteroatoms. The number of piperidine rings is 1. The van der Waals surface area contributed by atoms with E-state index in [-0.39, 0.29) is 25.5 Å². The molecule has 1 aliphatic heterocycles. The van der Waals surface area contributed by atoms with Crippen molar-refractivity contribution in [2.45, 2.75) is 58.4 Å². The molecule has 1 fully saturated rings. The Morgan fingerprint density at radius 2 is 1.82 bits per heavy atom. The van der Waals surface area contributed by atoms with E-state index in [0.29, 0.717) is 19.4 Å². The summed E-state index contributed by atoms with van der Waals surface area (Å²) in [5.41, 5.74) is 0.160. The van der Waals surface area contributed by atoms with Crippen LogP contribution in [0.1, 0.15) is 45.6 Å². The number of hydrogen-bond acceptors (Lipinski definition) is 7. The molecule has 1 saturated heterocycles. The van der Waals surface area contributed by atoms with Crippen molar-refractivity contribution >= 4 is 24.1 Å². The number of alkyl carbamates (subject to hydrolysis) is 1. The van der Waals surface area contributed by atoms with Crippen LogP contribution in [-0.4, -0.2) is 60.9 Å². The van der Waals surface area contributed by atoms with Gasteiger partial charge < -0.3 is 29.7 Å². The SMILES string of the molecule is COC(=O)C[C@H](NC(=O)OCc1ccccc1)NC(=O)[C@@H]1CCCN(C(=O)OC(C)(C)C)C1. The van der Waals surface area contributed by atoms with Gasteiger partial charge in [-0.15, -0.1) is 0 Å². The third kappa shape index (κ3) is 9.38. The van der Waals surface area contributed by atoms with Crippen LogP contribution in [-0.2, 0) is 30.4 Å². The lowest BCUT2D eigenvalue weighted by Gasteiger charge is -2.34. The summed E-state index contributed by atoms with van der Waals surface area (Å²) >= 11 is 0. The molecule has 2 N–H and O–H groups in total. The second-order valence-corrected chi connectivity index (χ2v) is 8.81. The molecule has 2 atom stereocenters. The van der Waals surface area contributed by atoms with Crippen molar-refractivity contribution in [1.29, 1.82) is 0 Å². The van der Waals surface area contributed by atoms with Crippen LogP contribution in [0.25, 0.3) is 0 Å². The fourth-order valence-electron chi connectivity index (χ4n) is 3.27. The van der Waals surface area contributed by atoms with Gasteiger partial charge in [0, 0.05) is 13.1 Å². The van der Waals surface area contributed by atoms with Gasteiger partial charge in [0.15, 0.2) is 0 Å². The lowest BCUT2D eigenvalue weighted by Crippen LogP contribution is -2.53. The minimum atomic E-state index is -1.02. The number of methoxy groups -OCH3 is 1. The zero-order chi connectivity index (χ0) is 24.4. The Bertz CT molecular complexity index is 823. The van der Waals surface area contributed by atoms with Crippen LogP contribution in [0.15, 0.2) is 30.3 Å². The smallest absolute Gasteiger partial charge is 0.410 e. The van der Waals surface area contributed by atoms with E-state index in [1.807, 2.05) is 18.2 Å². The third-order valence-corrected chi connectivity index (χ3v) is 4.86. The molecular formula is C23H33N3O7.